The Morgan fingerprint density at radius 2 is 1.98 bits per heavy atom. The molecule has 3 aromatic heterocycles. The number of alkyl halides is 1. The molecular formula is C30H35F2N7O2S. The van der Waals surface area contributed by atoms with E-state index in [0.717, 1.165) is 41.6 Å². The fraction of sp³-hybridized carbons (Fsp3) is 0.533. The molecule has 3 fully saturated rings. The molecule has 7 rings (SSSR count). The number of pyridine rings is 1. The predicted molar refractivity (Wildman–Crippen MR) is 160 cm³/mol. The maximum Gasteiger partial charge on any atom is 0.319 e. The molecule has 9 nitrogen and oxygen atoms in total. The number of halogens is 2. The van der Waals surface area contributed by atoms with Gasteiger partial charge in [-0.15, -0.1) is 0 Å². The molecule has 3 aliphatic rings. The van der Waals surface area contributed by atoms with Gasteiger partial charge in [-0.05, 0) is 70.2 Å². The second kappa shape index (κ2) is 9.92. The molecule has 42 heavy (non-hydrogen) atoms. The highest BCUT2D eigenvalue weighted by molar-refractivity contribution is 7.22. The van der Waals surface area contributed by atoms with Crippen molar-refractivity contribution in [2.45, 2.75) is 70.2 Å². The third kappa shape index (κ3) is 4.55. The molecule has 3 N–H and O–H groups in total. The molecule has 0 amide bonds. The number of nitrogens with zero attached hydrogens (tertiary/aromatic N) is 6. The number of aromatic nitrogens is 4. The standard InChI is InChI=1S/C30H35F2N7O2S/c1-16-10-20-24(35-27(33)42-20)21(17(16)2)25-22(32)23-19(12-34-25)26(38-8-4-6-29(3,40)14-38)37-28(36-23)41-15-30-7-5-9-39(30)13-18(31)11-30/h10,12,18,40H,4-9,11,13-15H2,1-3H3,(H2,33,35)/t18-,29?,30+/m1/s1. The smallest absolute Gasteiger partial charge is 0.319 e. The Hall–Kier alpha value is -3.22. The number of anilines is 2. The lowest BCUT2D eigenvalue weighted by atomic mass is 9.95. The molecular weight excluding hydrogens is 560 g/mol. The second-order valence-corrected chi connectivity index (χ2v) is 13.6. The lowest BCUT2D eigenvalue weighted by Crippen LogP contribution is -2.46. The normalized spacial score (nSPS) is 26.4. The van der Waals surface area contributed by atoms with Gasteiger partial charge in [-0.3, -0.25) is 9.88 Å². The van der Waals surface area contributed by atoms with Crippen molar-refractivity contribution in [3.8, 4) is 17.3 Å². The number of thiazole rings is 1. The molecule has 12 heteroatoms. The van der Waals surface area contributed by atoms with E-state index in [9.17, 15) is 9.50 Å². The zero-order chi connectivity index (χ0) is 29.4. The van der Waals surface area contributed by atoms with Crippen molar-refractivity contribution >= 4 is 43.4 Å². The van der Waals surface area contributed by atoms with Crippen LogP contribution < -0.4 is 15.4 Å². The average molecular weight is 596 g/mol. The maximum atomic E-state index is 16.7. The first kappa shape index (κ1) is 27.6. The van der Waals surface area contributed by atoms with Crippen LogP contribution in [0.1, 0.15) is 50.2 Å². The third-order valence-corrected chi connectivity index (χ3v) is 10.1. The quantitative estimate of drug-likeness (QED) is 0.331. The van der Waals surface area contributed by atoms with Crippen molar-refractivity contribution in [3.63, 3.8) is 0 Å². The van der Waals surface area contributed by atoms with Crippen molar-refractivity contribution in [3.05, 3.63) is 29.2 Å². The van der Waals surface area contributed by atoms with E-state index in [1.165, 1.54) is 11.3 Å². The van der Waals surface area contributed by atoms with Crippen molar-refractivity contribution in [1.82, 2.24) is 24.8 Å². The number of hydrogen-bond acceptors (Lipinski definition) is 10. The first-order chi connectivity index (χ1) is 20.0. The Balaban J connectivity index is 1.37. The minimum absolute atomic E-state index is 0.0336. The van der Waals surface area contributed by atoms with Crippen LogP contribution in [0.3, 0.4) is 0 Å². The van der Waals surface area contributed by atoms with Gasteiger partial charge in [-0.1, -0.05) is 11.3 Å². The lowest BCUT2D eigenvalue weighted by molar-refractivity contribution is 0.0447. The fourth-order valence-corrected chi connectivity index (χ4v) is 7.99. The molecule has 3 atom stereocenters. The number of piperidine rings is 1. The van der Waals surface area contributed by atoms with Gasteiger partial charge in [-0.2, -0.15) is 9.97 Å². The van der Waals surface area contributed by atoms with E-state index >= 15 is 4.39 Å². The van der Waals surface area contributed by atoms with Gasteiger partial charge in [0.1, 0.15) is 29.8 Å². The topological polar surface area (TPSA) is 114 Å². The fourth-order valence-electron chi connectivity index (χ4n) is 7.15. The Labute approximate surface area is 246 Å². The van der Waals surface area contributed by atoms with E-state index in [1.54, 1.807) is 13.1 Å². The van der Waals surface area contributed by atoms with Gasteiger partial charge in [0, 0.05) is 37.8 Å². The van der Waals surface area contributed by atoms with Crippen molar-refractivity contribution in [1.29, 1.82) is 0 Å². The van der Waals surface area contributed by atoms with Crippen LogP contribution in [0.2, 0.25) is 0 Å². The number of fused-ring (bicyclic) bond motifs is 3. The summed E-state index contributed by atoms with van der Waals surface area (Å²) in [5, 5.41) is 11.7. The third-order valence-electron chi connectivity index (χ3n) is 9.31. The summed E-state index contributed by atoms with van der Waals surface area (Å²) in [5.74, 6) is -0.135. The number of nitrogen functional groups attached to an aromatic ring is 1. The zero-order valence-corrected chi connectivity index (χ0v) is 24.9. The van der Waals surface area contributed by atoms with Gasteiger partial charge >= 0.3 is 6.01 Å². The number of rotatable bonds is 5. The molecule has 0 radical (unpaired) electrons. The molecule has 4 aromatic rings. The molecule has 1 aromatic carbocycles. The van der Waals surface area contributed by atoms with Gasteiger partial charge in [-0.25, -0.2) is 13.8 Å². The summed E-state index contributed by atoms with van der Waals surface area (Å²) in [6.45, 7) is 8.14. The van der Waals surface area contributed by atoms with Crippen LogP contribution in [0.15, 0.2) is 12.3 Å². The molecule has 3 saturated heterocycles. The highest BCUT2D eigenvalue weighted by Gasteiger charge is 2.49. The average Bonchev–Trinajstić information content (AvgIpc) is 3.59. The van der Waals surface area contributed by atoms with E-state index < -0.39 is 23.1 Å². The molecule has 3 aliphatic heterocycles. The van der Waals surface area contributed by atoms with E-state index in [1.807, 2.05) is 24.8 Å². The monoisotopic (exact) mass is 595 g/mol. The zero-order valence-electron chi connectivity index (χ0n) is 24.1. The van der Waals surface area contributed by atoms with Crippen molar-refractivity contribution < 1.29 is 18.6 Å². The van der Waals surface area contributed by atoms with Crippen LogP contribution in [0.4, 0.5) is 19.7 Å². The minimum atomic E-state index is -0.916. The summed E-state index contributed by atoms with van der Waals surface area (Å²) in [5.41, 5.74) is 7.97. The number of nitrogens with two attached hydrogens (primary N) is 1. The van der Waals surface area contributed by atoms with Crippen LogP contribution in [0, 0.1) is 19.7 Å². The number of aliphatic hydroxyl groups is 1. The van der Waals surface area contributed by atoms with Crippen LogP contribution in [-0.4, -0.2) is 80.0 Å². The van der Waals surface area contributed by atoms with Crippen molar-refractivity contribution in [2.75, 3.05) is 43.4 Å². The van der Waals surface area contributed by atoms with Crippen molar-refractivity contribution in [2.24, 2.45) is 0 Å². The van der Waals surface area contributed by atoms with Gasteiger partial charge in [0.05, 0.1) is 26.7 Å². The van der Waals surface area contributed by atoms with Crippen LogP contribution in [0.25, 0.3) is 32.4 Å². The molecule has 0 aliphatic carbocycles. The molecule has 222 valence electrons. The number of aryl methyl sites for hydroxylation is 1. The van der Waals surface area contributed by atoms with Crippen LogP contribution in [-0.2, 0) is 0 Å². The summed E-state index contributed by atoms with van der Waals surface area (Å²) in [7, 11) is 0. The Kier molecular flexibility index (Phi) is 6.52. The molecule has 0 saturated carbocycles. The Morgan fingerprint density at radius 1 is 1.17 bits per heavy atom. The highest BCUT2D eigenvalue weighted by Crippen LogP contribution is 2.42. The number of benzene rings is 1. The van der Waals surface area contributed by atoms with Crippen LogP contribution >= 0.6 is 11.3 Å². The van der Waals surface area contributed by atoms with Crippen LogP contribution in [0.5, 0.6) is 6.01 Å². The molecule has 0 bridgehead atoms. The first-order valence-corrected chi connectivity index (χ1v) is 15.4. The van der Waals surface area contributed by atoms with Gasteiger partial charge < -0.3 is 20.5 Å². The minimum Gasteiger partial charge on any atom is -0.461 e. The van der Waals surface area contributed by atoms with Gasteiger partial charge in [0.2, 0.25) is 0 Å². The summed E-state index contributed by atoms with van der Waals surface area (Å²) >= 11 is 1.35. The van der Waals surface area contributed by atoms with E-state index in [2.05, 4.69) is 19.9 Å². The van der Waals surface area contributed by atoms with Gasteiger partial charge in [0.15, 0.2) is 10.9 Å². The molecule has 1 unspecified atom stereocenters. The lowest BCUT2D eigenvalue weighted by Gasteiger charge is -2.38. The largest absolute Gasteiger partial charge is 0.461 e. The van der Waals surface area contributed by atoms with E-state index in [-0.39, 0.29) is 23.8 Å². The second-order valence-electron chi connectivity index (χ2n) is 12.5. The Morgan fingerprint density at radius 3 is 2.79 bits per heavy atom. The molecule has 6 heterocycles. The first-order valence-electron chi connectivity index (χ1n) is 14.6. The highest BCUT2D eigenvalue weighted by atomic mass is 32.1. The maximum absolute atomic E-state index is 16.7. The van der Waals surface area contributed by atoms with E-state index in [0.29, 0.717) is 59.9 Å². The summed E-state index contributed by atoms with van der Waals surface area (Å²) < 4.78 is 38.2. The number of ether oxygens (including phenoxy) is 1. The number of hydrogen-bond donors (Lipinski definition) is 2. The Bertz CT molecular complexity index is 1710. The summed E-state index contributed by atoms with van der Waals surface area (Å²) in [6.07, 6.45) is 4.35. The predicted octanol–water partition coefficient (Wildman–Crippen LogP) is 4.95. The number of β-amino-alcohol motifs (C(OH)–C–C–N with tert-alkyl or cyclic N) is 1. The molecule has 0 spiro atoms. The van der Waals surface area contributed by atoms with E-state index in [4.69, 9.17) is 15.5 Å². The summed E-state index contributed by atoms with van der Waals surface area (Å²) in [6, 6.07) is 2.04. The SMILES string of the molecule is Cc1cc2sc(N)nc2c(-c2ncc3c(N4CCCC(C)(O)C4)nc(OC[C@@]45CCCN4C[C@H](F)C5)nc3c2F)c1C. The van der Waals surface area contributed by atoms with Gasteiger partial charge in [0.25, 0.3) is 0 Å². The summed E-state index contributed by atoms with van der Waals surface area (Å²) in [4.78, 5) is 22.6.